The van der Waals surface area contributed by atoms with E-state index in [0.29, 0.717) is 17.0 Å². The van der Waals surface area contributed by atoms with E-state index >= 15 is 0 Å². The Bertz CT molecular complexity index is 708. The summed E-state index contributed by atoms with van der Waals surface area (Å²) in [7, 11) is 0. The van der Waals surface area contributed by atoms with E-state index in [1.165, 1.54) is 6.07 Å². The topological polar surface area (TPSA) is 37.3 Å². The maximum atomic E-state index is 12.5. The normalized spacial score (nSPS) is 17.4. The lowest BCUT2D eigenvalue weighted by Crippen LogP contribution is -2.07. The molecule has 0 heterocycles. The molecule has 0 spiro atoms. The summed E-state index contributed by atoms with van der Waals surface area (Å²) in [5, 5.41) is 10.5. The van der Waals surface area contributed by atoms with Gasteiger partial charge in [-0.3, -0.25) is 4.79 Å². The molecule has 0 saturated heterocycles. The van der Waals surface area contributed by atoms with Crippen LogP contribution < -0.4 is 0 Å². The van der Waals surface area contributed by atoms with Crippen molar-refractivity contribution in [1.82, 2.24) is 0 Å². The number of ketones is 1. The summed E-state index contributed by atoms with van der Waals surface area (Å²) in [5.74, 6) is -0.480. The third kappa shape index (κ3) is 2.08. The average molecular weight is 328 g/mol. The van der Waals surface area contributed by atoms with Gasteiger partial charge in [-0.1, -0.05) is 46.9 Å². The number of halogens is 3. The molecule has 102 valence electrons. The lowest BCUT2D eigenvalue weighted by Gasteiger charge is -2.08. The molecule has 2 aromatic carbocycles. The fourth-order valence-corrected chi connectivity index (χ4v) is 3.13. The monoisotopic (exact) mass is 326 g/mol. The van der Waals surface area contributed by atoms with Crippen LogP contribution in [0.25, 0.3) is 0 Å². The number of fused-ring (bicyclic) bond motifs is 1. The smallest absolute Gasteiger partial charge is 0.172 e. The lowest BCUT2D eigenvalue weighted by atomic mass is 9.95. The molecule has 20 heavy (non-hydrogen) atoms. The summed E-state index contributed by atoms with van der Waals surface area (Å²) in [6, 6.07) is 8.66. The zero-order valence-corrected chi connectivity index (χ0v) is 12.4. The lowest BCUT2D eigenvalue weighted by molar-refractivity contribution is 0.0973. The molecule has 1 aliphatic rings. The van der Waals surface area contributed by atoms with Gasteiger partial charge in [0.25, 0.3) is 0 Å². The summed E-state index contributed by atoms with van der Waals surface area (Å²) < 4.78 is 0. The highest BCUT2D eigenvalue weighted by Gasteiger charge is 2.35. The van der Waals surface area contributed by atoms with Crippen molar-refractivity contribution in [1.29, 1.82) is 0 Å². The molecular weight excluding hydrogens is 319 g/mol. The van der Waals surface area contributed by atoms with Crippen LogP contribution in [-0.2, 0) is 6.42 Å². The molecule has 1 aliphatic carbocycles. The van der Waals surface area contributed by atoms with Crippen LogP contribution in [0.4, 0.5) is 0 Å². The summed E-state index contributed by atoms with van der Waals surface area (Å²) in [5.41, 5.74) is 2.01. The largest absolute Gasteiger partial charge is 0.506 e. The molecule has 0 saturated carbocycles. The number of phenols is 1. The number of aromatic hydroxyl groups is 1. The van der Waals surface area contributed by atoms with Gasteiger partial charge in [-0.15, -0.1) is 0 Å². The summed E-state index contributed by atoms with van der Waals surface area (Å²) >= 11 is 17.8. The van der Waals surface area contributed by atoms with Gasteiger partial charge in [0.2, 0.25) is 0 Å². The van der Waals surface area contributed by atoms with Crippen LogP contribution in [0.5, 0.6) is 5.75 Å². The highest BCUT2D eigenvalue weighted by molar-refractivity contribution is 6.45. The molecule has 3 rings (SSSR count). The highest BCUT2D eigenvalue weighted by atomic mass is 35.5. The third-order valence-corrected chi connectivity index (χ3v) is 4.64. The van der Waals surface area contributed by atoms with E-state index in [0.717, 1.165) is 11.1 Å². The molecule has 1 atom stereocenters. The van der Waals surface area contributed by atoms with Crippen LogP contribution in [0.3, 0.4) is 0 Å². The van der Waals surface area contributed by atoms with Gasteiger partial charge in [0.15, 0.2) is 5.78 Å². The van der Waals surface area contributed by atoms with Crippen LogP contribution in [0, 0.1) is 0 Å². The molecule has 5 heteroatoms. The summed E-state index contributed by atoms with van der Waals surface area (Å²) in [6.07, 6.45) is 0.500. The Morgan fingerprint density at radius 1 is 1.05 bits per heavy atom. The molecule has 0 aliphatic heterocycles. The van der Waals surface area contributed by atoms with Crippen molar-refractivity contribution in [2.24, 2.45) is 0 Å². The second-order valence-corrected chi connectivity index (χ2v) is 5.92. The predicted molar refractivity (Wildman–Crippen MR) is 80.4 cm³/mol. The third-order valence-electron chi connectivity index (χ3n) is 3.53. The Balaban J connectivity index is 2.07. The van der Waals surface area contributed by atoms with E-state index < -0.39 is 0 Å². The minimum atomic E-state index is -0.308. The van der Waals surface area contributed by atoms with Gasteiger partial charge in [0, 0.05) is 10.6 Å². The molecule has 2 nitrogen and oxygen atoms in total. The van der Waals surface area contributed by atoms with Gasteiger partial charge in [-0.05, 0) is 35.7 Å². The molecule has 1 N–H and O–H groups in total. The van der Waals surface area contributed by atoms with Gasteiger partial charge >= 0.3 is 0 Å². The standard InChI is InChI=1S/C15H9Cl3O2/c16-9-3-1-7(2-4-9)10-5-8-6-11(19)13(17)14(18)12(8)15(10)20/h1-4,6,10,19H,5H2. The number of hydrogen-bond donors (Lipinski definition) is 1. The van der Waals surface area contributed by atoms with Crippen LogP contribution in [0.15, 0.2) is 30.3 Å². The van der Waals surface area contributed by atoms with E-state index in [-0.39, 0.29) is 27.5 Å². The van der Waals surface area contributed by atoms with Gasteiger partial charge in [0.05, 0.1) is 10.9 Å². The van der Waals surface area contributed by atoms with Gasteiger partial charge in [-0.2, -0.15) is 0 Å². The first-order valence-electron chi connectivity index (χ1n) is 5.98. The van der Waals surface area contributed by atoms with E-state index in [9.17, 15) is 9.90 Å². The zero-order chi connectivity index (χ0) is 14.4. The number of phenolic OH excluding ortho intramolecular Hbond substituents is 1. The van der Waals surface area contributed by atoms with Crippen molar-refractivity contribution in [3.8, 4) is 5.75 Å². The minimum absolute atomic E-state index is 0.0236. The number of carbonyl (C=O) groups excluding carboxylic acids is 1. The Labute approximate surface area is 130 Å². The van der Waals surface area contributed by atoms with Gasteiger partial charge in [-0.25, -0.2) is 0 Å². The van der Waals surface area contributed by atoms with Gasteiger partial charge < -0.3 is 5.11 Å². The number of benzene rings is 2. The van der Waals surface area contributed by atoms with Crippen molar-refractivity contribution in [2.75, 3.05) is 0 Å². The Kier molecular flexibility index (Phi) is 3.41. The zero-order valence-electron chi connectivity index (χ0n) is 10.2. The average Bonchev–Trinajstić information content (AvgIpc) is 2.74. The fourth-order valence-electron chi connectivity index (χ4n) is 2.54. The summed E-state index contributed by atoms with van der Waals surface area (Å²) in [4.78, 5) is 12.5. The van der Waals surface area contributed by atoms with Crippen LogP contribution in [0.1, 0.15) is 27.4 Å². The summed E-state index contributed by atoms with van der Waals surface area (Å²) in [6.45, 7) is 0. The van der Waals surface area contributed by atoms with E-state index in [1.807, 2.05) is 12.1 Å². The van der Waals surface area contributed by atoms with E-state index in [1.54, 1.807) is 12.1 Å². The second kappa shape index (κ2) is 4.96. The van der Waals surface area contributed by atoms with Gasteiger partial charge in [0.1, 0.15) is 10.8 Å². The second-order valence-electron chi connectivity index (χ2n) is 4.73. The van der Waals surface area contributed by atoms with E-state index in [4.69, 9.17) is 34.8 Å². The molecule has 0 aromatic heterocycles. The molecule has 0 fully saturated rings. The molecular formula is C15H9Cl3O2. The molecule has 2 aromatic rings. The number of hydrogen-bond acceptors (Lipinski definition) is 2. The first kappa shape index (κ1) is 13.7. The van der Waals surface area contributed by atoms with E-state index in [2.05, 4.69) is 0 Å². The first-order valence-corrected chi connectivity index (χ1v) is 7.12. The first-order chi connectivity index (χ1) is 9.49. The predicted octanol–water partition coefficient (Wildman–Crippen LogP) is 4.88. The molecule has 1 unspecified atom stereocenters. The SMILES string of the molecule is O=C1c2c(cc(O)c(Cl)c2Cl)CC1c1ccc(Cl)cc1. The quantitative estimate of drug-likeness (QED) is 0.811. The van der Waals surface area contributed by atoms with Crippen molar-refractivity contribution < 1.29 is 9.90 Å². The molecule has 0 bridgehead atoms. The van der Waals surface area contributed by atoms with Crippen molar-refractivity contribution in [2.45, 2.75) is 12.3 Å². The maximum Gasteiger partial charge on any atom is 0.172 e. The Morgan fingerprint density at radius 3 is 2.35 bits per heavy atom. The van der Waals surface area contributed by atoms with Crippen LogP contribution >= 0.6 is 34.8 Å². The Morgan fingerprint density at radius 2 is 1.70 bits per heavy atom. The number of Topliss-reactive ketones (excluding diaryl/α,β-unsaturated/α-hetero) is 1. The minimum Gasteiger partial charge on any atom is -0.506 e. The van der Waals surface area contributed by atoms with Crippen molar-refractivity contribution >= 4 is 40.6 Å². The Hall–Kier alpha value is -1.22. The number of carbonyl (C=O) groups is 1. The number of rotatable bonds is 1. The highest BCUT2D eigenvalue weighted by Crippen LogP contribution is 2.44. The van der Waals surface area contributed by atoms with Crippen molar-refractivity contribution in [3.63, 3.8) is 0 Å². The fraction of sp³-hybridized carbons (Fsp3) is 0.133. The van der Waals surface area contributed by atoms with Crippen LogP contribution in [-0.4, -0.2) is 10.9 Å². The van der Waals surface area contributed by atoms with Crippen molar-refractivity contribution in [3.05, 3.63) is 62.1 Å². The molecule has 0 radical (unpaired) electrons. The molecule has 0 amide bonds. The maximum absolute atomic E-state index is 12.5. The van der Waals surface area contributed by atoms with Crippen LogP contribution in [0.2, 0.25) is 15.1 Å².